The van der Waals surface area contributed by atoms with Crippen molar-refractivity contribution in [3.8, 4) is 0 Å². The zero-order chi connectivity index (χ0) is 22.3. The number of hydrogen-bond acceptors (Lipinski definition) is 4. The molecular formula is C24H30N2O4. The van der Waals surface area contributed by atoms with E-state index in [0.29, 0.717) is 12.0 Å². The summed E-state index contributed by atoms with van der Waals surface area (Å²) in [4.78, 5) is 37.3. The van der Waals surface area contributed by atoms with Gasteiger partial charge in [-0.25, -0.2) is 4.79 Å². The number of esters is 1. The normalized spacial score (nSPS) is 13.1. The zero-order valence-corrected chi connectivity index (χ0v) is 18.2. The highest BCUT2D eigenvalue weighted by molar-refractivity contribution is 5.98. The molecule has 0 aliphatic carbocycles. The molecule has 0 bridgehead atoms. The minimum atomic E-state index is -0.839. The fraction of sp³-hybridized carbons (Fsp3) is 0.375. The lowest BCUT2D eigenvalue weighted by atomic mass is 9.86. The highest BCUT2D eigenvalue weighted by Gasteiger charge is 2.25. The first kappa shape index (κ1) is 23.1. The van der Waals surface area contributed by atoms with Gasteiger partial charge in [0, 0.05) is 12.0 Å². The highest BCUT2D eigenvalue weighted by Crippen LogP contribution is 2.22. The monoisotopic (exact) mass is 410 g/mol. The van der Waals surface area contributed by atoms with Gasteiger partial charge >= 0.3 is 5.97 Å². The van der Waals surface area contributed by atoms with Crippen LogP contribution in [0.5, 0.6) is 0 Å². The Hall–Kier alpha value is -3.15. The molecule has 2 rings (SSSR count). The molecule has 0 saturated carbocycles. The van der Waals surface area contributed by atoms with Crippen molar-refractivity contribution in [3.05, 3.63) is 71.3 Å². The Morgan fingerprint density at radius 2 is 1.53 bits per heavy atom. The lowest BCUT2D eigenvalue weighted by molar-refractivity contribution is -0.144. The van der Waals surface area contributed by atoms with E-state index in [4.69, 9.17) is 0 Å². The molecule has 2 aromatic rings. The smallest absolute Gasteiger partial charge is 0.328 e. The number of rotatable bonds is 7. The molecule has 0 aliphatic heterocycles. The molecule has 0 aliphatic rings. The quantitative estimate of drug-likeness (QED) is 0.688. The van der Waals surface area contributed by atoms with Gasteiger partial charge in [0.25, 0.3) is 5.91 Å². The Morgan fingerprint density at radius 1 is 0.933 bits per heavy atom. The van der Waals surface area contributed by atoms with Crippen LogP contribution in [0.15, 0.2) is 54.6 Å². The van der Waals surface area contributed by atoms with Crippen molar-refractivity contribution < 1.29 is 19.1 Å². The molecule has 2 aromatic carbocycles. The third kappa shape index (κ3) is 6.44. The van der Waals surface area contributed by atoms with Crippen molar-refractivity contribution in [2.45, 2.75) is 51.6 Å². The van der Waals surface area contributed by atoms with Gasteiger partial charge in [0.1, 0.15) is 12.1 Å². The van der Waals surface area contributed by atoms with Gasteiger partial charge in [-0.2, -0.15) is 0 Å². The van der Waals surface area contributed by atoms with Crippen LogP contribution in [0, 0.1) is 0 Å². The second kappa shape index (κ2) is 10.1. The van der Waals surface area contributed by atoms with Crippen LogP contribution >= 0.6 is 0 Å². The Kier molecular flexibility index (Phi) is 7.75. The van der Waals surface area contributed by atoms with E-state index >= 15 is 0 Å². The number of ether oxygens (including phenoxy) is 1. The van der Waals surface area contributed by atoms with Crippen molar-refractivity contribution in [1.29, 1.82) is 0 Å². The largest absolute Gasteiger partial charge is 0.467 e. The summed E-state index contributed by atoms with van der Waals surface area (Å²) in [6, 6.07) is 15.1. The first-order valence-electron chi connectivity index (χ1n) is 9.95. The van der Waals surface area contributed by atoms with Crippen LogP contribution in [0.2, 0.25) is 0 Å². The highest BCUT2D eigenvalue weighted by atomic mass is 16.5. The van der Waals surface area contributed by atoms with E-state index in [2.05, 4.69) is 36.1 Å². The molecule has 6 nitrogen and oxygen atoms in total. The van der Waals surface area contributed by atoms with Crippen LogP contribution in [0.3, 0.4) is 0 Å². The average Bonchev–Trinajstić information content (AvgIpc) is 2.72. The molecule has 0 fully saturated rings. The number of carbonyl (C=O) groups excluding carboxylic acids is 3. The molecule has 0 heterocycles. The second-order valence-corrected chi connectivity index (χ2v) is 8.30. The molecule has 0 radical (unpaired) electrons. The molecule has 6 heteroatoms. The fourth-order valence-corrected chi connectivity index (χ4v) is 2.97. The Morgan fingerprint density at radius 3 is 2.07 bits per heavy atom. The maximum Gasteiger partial charge on any atom is 0.328 e. The maximum absolute atomic E-state index is 12.8. The van der Waals surface area contributed by atoms with E-state index in [1.165, 1.54) is 14.0 Å². The number of carbonyl (C=O) groups is 3. The molecule has 0 spiro atoms. The lowest BCUT2D eigenvalue weighted by Gasteiger charge is -2.21. The van der Waals surface area contributed by atoms with E-state index in [1.54, 1.807) is 12.1 Å². The Labute approximate surface area is 178 Å². The average molecular weight is 411 g/mol. The summed E-state index contributed by atoms with van der Waals surface area (Å²) in [7, 11) is 1.26. The zero-order valence-electron chi connectivity index (χ0n) is 18.2. The molecule has 2 atom stereocenters. The van der Waals surface area contributed by atoms with Gasteiger partial charge in [0.05, 0.1) is 7.11 Å². The van der Waals surface area contributed by atoms with E-state index in [1.807, 2.05) is 42.5 Å². The van der Waals surface area contributed by atoms with Crippen LogP contribution < -0.4 is 10.6 Å². The predicted octanol–water partition coefficient (Wildman–Crippen LogP) is 3.00. The third-order valence-electron chi connectivity index (χ3n) is 4.83. The SMILES string of the molecule is COC(=O)[C@H](C)NC(=O)[C@H](Cc1ccccc1)NC(=O)c1ccc(C(C)(C)C)cc1. The molecular weight excluding hydrogens is 380 g/mol. The number of nitrogens with one attached hydrogen (secondary N) is 2. The molecule has 30 heavy (non-hydrogen) atoms. The fourth-order valence-electron chi connectivity index (χ4n) is 2.97. The van der Waals surface area contributed by atoms with Crippen LogP contribution in [0.25, 0.3) is 0 Å². The summed E-state index contributed by atoms with van der Waals surface area (Å²) in [5, 5.41) is 5.41. The number of hydrogen-bond donors (Lipinski definition) is 2. The molecule has 2 amide bonds. The van der Waals surface area contributed by atoms with E-state index in [9.17, 15) is 14.4 Å². The minimum Gasteiger partial charge on any atom is -0.467 e. The van der Waals surface area contributed by atoms with Crippen LogP contribution in [-0.4, -0.2) is 37.0 Å². The van der Waals surface area contributed by atoms with Gasteiger partial charge in [-0.15, -0.1) is 0 Å². The first-order valence-corrected chi connectivity index (χ1v) is 9.95. The molecule has 0 unspecified atom stereocenters. The van der Waals surface area contributed by atoms with Crippen molar-refractivity contribution in [2.75, 3.05) is 7.11 Å². The van der Waals surface area contributed by atoms with Crippen molar-refractivity contribution in [1.82, 2.24) is 10.6 Å². The van der Waals surface area contributed by atoms with Gasteiger partial charge in [-0.1, -0.05) is 63.2 Å². The molecule has 0 saturated heterocycles. The van der Waals surface area contributed by atoms with Crippen LogP contribution in [0.1, 0.15) is 49.2 Å². The number of methoxy groups -OCH3 is 1. The molecule has 2 N–H and O–H groups in total. The van der Waals surface area contributed by atoms with Crippen molar-refractivity contribution in [3.63, 3.8) is 0 Å². The minimum absolute atomic E-state index is 0.0191. The summed E-state index contributed by atoms with van der Waals surface area (Å²) in [6.45, 7) is 7.84. The Balaban J connectivity index is 2.18. The van der Waals surface area contributed by atoms with Gasteiger partial charge < -0.3 is 15.4 Å². The van der Waals surface area contributed by atoms with Gasteiger partial charge in [0.15, 0.2) is 0 Å². The third-order valence-corrected chi connectivity index (χ3v) is 4.83. The first-order chi connectivity index (χ1) is 14.1. The van der Waals surface area contributed by atoms with E-state index < -0.39 is 24.0 Å². The summed E-state index contributed by atoms with van der Waals surface area (Å²) in [5.41, 5.74) is 2.46. The molecule has 160 valence electrons. The maximum atomic E-state index is 12.8. The van der Waals surface area contributed by atoms with E-state index in [0.717, 1.165) is 11.1 Å². The predicted molar refractivity (Wildman–Crippen MR) is 116 cm³/mol. The van der Waals surface area contributed by atoms with Crippen molar-refractivity contribution in [2.24, 2.45) is 0 Å². The van der Waals surface area contributed by atoms with E-state index in [-0.39, 0.29) is 11.3 Å². The number of amides is 2. The standard InChI is InChI=1S/C24H30N2O4/c1-16(23(29)30-5)25-22(28)20(15-17-9-7-6-8-10-17)26-21(27)18-11-13-19(14-12-18)24(2,3)4/h6-14,16,20H,15H2,1-5H3,(H,25,28)(H,26,27)/t16-,20-/m0/s1. The molecule has 0 aromatic heterocycles. The van der Waals surface area contributed by atoms with Gasteiger partial charge in [0.2, 0.25) is 5.91 Å². The Bertz CT molecular complexity index is 870. The van der Waals surface area contributed by atoms with Crippen LogP contribution in [0.4, 0.5) is 0 Å². The number of benzene rings is 2. The van der Waals surface area contributed by atoms with Crippen molar-refractivity contribution >= 4 is 17.8 Å². The topological polar surface area (TPSA) is 84.5 Å². The summed E-state index contributed by atoms with van der Waals surface area (Å²) in [5.74, 6) is -1.35. The lowest BCUT2D eigenvalue weighted by Crippen LogP contribution is -2.51. The second-order valence-electron chi connectivity index (χ2n) is 8.30. The summed E-state index contributed by atoms with van der Waals surface area (Å²) >= 11 is 0. The summed E-state index contributed by atoms with van der Waals surface area (Å²) < 4.78 is 4.66. The van der Waals surface area contributed by atoms with Gasteiger partial charge in [-0.05, 0) is 35.6 Å². The summed E-state index contributed by atoms with van der Waals surface area (Å²) in [6.07, 6.45) is 0.298. The van der Waals surface area contributed by atoms with Gasteiger partial charge in [-0.3, -0.25) is 9.59 Å². The van der Waals surface area contributed by atoms with Crippen LogP contribution in [-0.2, 0) is 26.2 Å².